The van der Waals surface area contributed by atoms with Crippen molar-refractivity contribution in [1.29, 1.82) is 0 Å². The number of amides is 1. The van der Waals surface area contributed by atoms with E-state index >= 15 is 0 Å². The lowest BCUT2D eigenvalue weighted by Crippen LogP contribution is -2.31. The second kappa shape index (κ2) is 15.0. The molecule has 0 saturated heterocycles. The summed E-state index contributed by atoms with van der Waals surface area (Å²) in [4.78, 5) is 41.1. The number of methoxy groups -OCH3 is 1. The van der Waals surface area contributed by atoms with Crippen LogP contribution in [0.4, 0.5) is 5.69 Å². The number of aryl methyl sites for hydroxylation is 2. The summed E-state index contributed by atoms with van der Waals surface area (Å²) in [5.74, 6) is 0.419. The van der Waals surface area contributed by atoms with Gasteiger partial charge >= 0.3 is 11.9 Å². The first kappa shape index (κ1) is 32.0. The number of nitrogens with two attached hydrogens (primary N) is 2. The standard InChI is InChI=1S/C33H39N5O6/c1-22(39)43-18-16-37(17-19-44-23(2)40)27-9-6-25(7-10-27)33-36-30-20-26(29(34)21-32(35)41)8-13-31(30)38(33)15-14-24-4-11-28(42-3)12-5-24/h4-13,20,29H,14-19,21,34H2,1-3H3,(H2,35,41). The van der Waals surface area contributed by atoms with Gasteiger partial charge in [0.1, 0.15) is 24.8 Å². The van der Waals surface area contributed by atoms with Crippen molar-refractivity contribution >= 4 is 34.6 Å². The number of aromatic nitrogens is 2. The minimum atomic E-state index is -0.519. The Morgan fingerprint density at radius 3 is 2.11 bits per heavy atom. The first-order valence-corrected chi connectivity index (χ1v) is 14.4. The topological polar surface area (TPSA) is 152 Å². The zero-order valence-corrected chi connectivity index (χ0v) is 25.3. The number of benzene rings is 3. The second-order valence-electron chi connectivity index (χ2n) is 10.4. The number of esters is 2. The van der Waals surface area contributed by atoms with Crippen LogP contribution >= 0.6 is 0 Å². The molecular weight excluding hydrogens is 562 g/mol. The van der Waals surface area contributed by atoms with Crippen molar-refractivity contribution in [1.82, 2.24) is 9.55 Å². The van der Waals surface area contributed by atoms with E-state index in [9.17, 15) is 14.4 Å². The van der Waals surface area contributed by atoms with Crippen molar-refractivity contribution in [3.8, 4) is 17.1 Å². The Morgan fingerprint density at radius 2 is 1.55 bits per heavy atom. The summed E-state index contributed by atoms with van der Waals surface area (Å²) in [6.07, 6.45) is 0.812. The third kappa shape index (κ3) is 8.57. The number of ether oxygens (including phenoxy) is 3. The summed E-state index contributed by atoms with van der Waals surface area (Å²) in [5, 5.41) is 0. The van der Waals surface area contributed by atoms with Gasteiger partial charge in [-0.3, -0.25) is 14.4 Å². The Labute approximate surface area is 256 Å². The van der Waals surface area contributed by atoms with Crippen LogP contribution in [0.1, 0.15) is 37.4 Å². The molecule has 0 spiro atoms. The van der Waals surface area contributed by atoms with E-state index in [-0.39, 0.29) is 31.6 Å². The first-order chi connectivity index (χ1) is 21.1. The smallest absolute Gasteiger partial charge is 0.302 e. The van der Waals surface area contributed by atoms with E-state index in [0.717, 1.165) is 51.4 Å². The number of carbonyl (C=O) groups is 3. The van der Waals surface area contributed by atoms with E-state index in [1.165, 1.54) is 13.8 Å². The fourth-order valence-electron chi connectivity index (χ4n) is 4.98. The summed E-state index contributed by atoms with van der Waals surface area (Å²) in [7, 11) is 1.65. The molecule has 11 nitrogen and oxygen atoms in total. The number of rotatable bonds is 15. The molecule has 3 aromatic carbocycles. The van der Waals surface area contributed by atoms with Gasteiger partial charge in [0, 0.05) is 44.1 Å². The molecule has 4 rings (SSSR count). The van der Waals surface area contributed by atoms with E-state index in [4.69, 9.17) is 30.7 Å². The van der Waals surface area contributed by atoms with Crippen LogP contribution < -0.4 is 21.1 Å². The molecule has 0 bridgehead atoms. The molecular formula is C33H39N5O6. The maximum atomic E-state index is 11.5. The minimum Gasteiger partial charge on any atom is -0.497 e. The molecule has 1 aromatic heterocycles. The Morgan fingerprint density at radius 1 is 0.909 bits per heavy atom. The molecule has 1 heterocycles. The summed E-state index contributed by atoms with van der Waals surface area (Å²) in [5.41, 5.74) is 17.1. The summed E-state index contributed by atoms with van der Waals surface area (Å²) >= 11 is 0. The van der Waals surface area contributed by atoms with Gasteiger partial charge in [-0.05, 0) is 66.1 Å². The number of hydrogen-bond donors (Lipinski definition) is 2. The fourth-order valence-corrected chi connectivity index (χ4v) is 4.98. The van der Waals surface area contributed by atoms with Crippen molar-refractivity contribution in [3.63, 3.8) is 0 Å². The van der Waals surface area contributed by atoms with Crippen LogP contribution in [0.3, 0.4) is 0 Å². The second-order valence-corrected chi connectivity index (χ2v) is 10.4. The third-order valence-electron chi connectivity index (χ3n) is 7.23. The average Bonchev–Trinajstić information content (AvgIpc) is 3.36. The number of nitrogens with zero attached hydrogens (tertiary/aromatic N) is 3. The Hall–Kier alpha value is -4.90. The largest absolute Gasteiger partial charge is 0.497 e. The van der Waals surface area contributed by atoms with E-state index in [1.807, 2.05) is 71.6 Å². The molecule has 4 aromatic rings. The summed E-state index contributed by atoms with van der Waals surface area (Å²) < 4.78 is 17.8. The monoisotopic (exact) mass is 601 g/mol. The normalized spacial score (nSPS) is 11.6. The highest BCUT2D eigenvalue weighted by molar-refractivity contribution is 5.82. The van der Waals surface area contributed by atoms with E-state index in [1.54, 1.807) is 7.11 Å². The molecule has 4 N–H and O–H groups in total. The van der Waals surface area contributed by atoms with Crippen LogP contribution in [-0.2, 0) is 36.8 Å². The SMILES string of the molecule is COc1ccc(CCn2c(-c3ccc(N(CCOC(C)=O)CCOC(C)=O)cc3)nc3cc(C(N)CC(N)=O)ccc32)cc1. The molecule has 0 aliphatic rings. The highest BCUT2D eigenvalue weighted by Gasteiger charge is 2.17. The van der Waals surface area contributed by atoms with Crippen LogP contribution in [0, 0.1) is 0 Å². The van der Waals surface area contributed by atoms with E-state index < -0.39 is 11.9 Å². The molecule has 0 aliphatic carbocycles. The van der Waals surface area contributed by atoms with Crippen molar-refractivity contribution in [2.75, 3.05) is 38.3 Å². The number of anilines is 1. The van der Waals surface area contributed by atoms with E-state index in [2.05, 4.69) is 4.57 Å². The zero-order valence-electron chi connectivity index (χ0n) is 25.3. The maximum absolute atomic E-state index is 11.5. The van der Waals surface area contributed by atoms with Gasteiger partial charge in [-0.1, -0.05) is 18.2 Å². The molecule has 0 fully saturated rings. The number of carbonyl (C=O) groups excluding carboxylic acids is 3. The lowest BCUT2D eigenvalue weighted by atomic mass is 10.0. The number of fused-ring (bicyclic) bond motifs is 1. The lowest BCUT2D eigenvalue weighted by Gasteiger charge is -2.24. The molecule has 1 unspecified atom stereocenters. The van der Waals surface area contributed by atoms with Crippen molar-refractivity contribution in [3.05, 3.63) is 77.9 Å². The molecule has 0 aliphatic heterocycles. The van der Waals surface area contributed by atoms with Crippen LogP contribution in [0.5, 0.6) is 5.75 Å². The van der Waals surface area contributed by atoms with Gasteiger partial charge in [0.25, 0.3) is 0 Å². The van der Waals surface area contributed by atoms with Gasteiger partial charge in [-0.2, -0.15) is 0 Å². The Kier molecular flexibility index (Phi) is 10.9. The molecule has 11 heteroatoms. The summed E-state index contributed by atoms with van der Waals surface area (Å²) in [6.45, 7) is 4.70. The number of primary amides is 1. The highest BCUT2D eigenvalue weighted by Crippen LogP contribution is 2.29. The highest BCUT2D eigenvalue weighted by atomic mass is 16.5. The van der Waals surface area contributed by atoms with Gasteiger partial charge in [-0.25, -0.2) is 4.98 Å². The average molecular weight is 602 g/mol. The first-order valence-electron chi connectivity index (χ1n) is 14.4. The minimum absolute atomic E-state index is 0.0451. The molecule has 1 atom stereocenters. The maximum Gasteiger partial charge on any atom is 0.302 e. The van der Waals surface area contributed by atoms with Gasteiger partial charge in [-0.15, -0.1) is 0 Å². The predicted molar refractivity (Wildman–Crippen MR) is 168 cm³/mol. The van der Waals surface area contributed by atoms with Crippen molar-refractivity contribution < 1.29 is 28.6 Å². The summed E-state index contributed by atoms with van der Waals surface area (Å²) in [6, 6.07) is 21.2. The number of hydrogen-bond acceptors (Lipinski definition) is 9. The molecule has 44 heavy (non-hydrogen) atoms. The zero-order chi connectivity index (χ0) is 31.6. The van der Waals surface area contributed by atoms with Crippen molar-refractivity contribution in [2.45, 2.75) is 39.3 Å². The van der Waals surface area contributed by atoms with Gasteiger partial charge < -0.3 is 35.1 Å². The number of imidazole rings is 1. The van der Waals surface area contributed by atoms with Crippen LogP contribution in [0.25, 0.3) is 22.4 Å². The van der Waals surface area contributed by atoms with Crippen LogP contribution in [-0.4, -0.2) is 60.8 Å². The quantitative estimate of drug-likeness (QED) is 0.194. The molecule has 232 valence electrons. The van der Waals surface area contributed by atoms with Crippen LogP contribution in [0.2, 0.25) is 0 Å². The Balaban J connectivity index is 1.65. The van der Waals surface area contributed by atoms with Gasteiger partial charge in [0.15, 0.2) is 0 Å². The lowest BCUT2D eigenvalue weighted by molar-refractivity contribution is -0.141. The fraction of sp³-hybridized carbons (Fsp3) is 0.333. The van der Waals surface area contributed by atoms with Gasteiger partial charge in [0.05, 0.1) is 31.2 Å². The molecule has 0 saturated carbocycles. The Bertz CT molecular complexity index is 1560. The van der Waals surface area contributed by atoms with E-state index in [0.29, 0.717) is 19.6 Å². The van der Waals surface area contributed by atoms with Crippen molar-refractivity contribution in [2.24, 2.45) is 11.5 Å². The molecule has 1 amide bonds. The predicted octanol–water partition coefficient (Wildman–Crippen LogP) is 3.76. The third-order valence-corrected chi connectivity index (χ3v) is 7.23. The van der Waals surface area contributed by atoms with Gasteiger partial charge in [0.2, 0.25) is 5.91 Å². The van der Waals surface area contributed by atoms with Crippen LogP contribution in [0.15, 0.2) is 66.7 Å². The molecule has 0 radical (unpaired) electrons.